The molecule has 0 aliphatic heterocycles. The Labute approximate surface area is 167 Å². The van der Waals surface area contributed by atoms with Crippen LogP contribution in [0.1, 0.15) is 22.3 Å². The summed E-state index contributed by atoms with van der Waals surface area (Å²) in [5, 5.41) is 4.26. The molecule has 0 amide bonds. The molecule has 0 bridgehead atoms. The molecule has 150 valence electrons. The number of hydrogen-bond acceptors (Lipinski definition) is 8. The summed E-state index contributed by atoms with van der Waals surface area (Å²) in [6, 6.07) is 6.99. The van der Waals surface area contributed by atoms with Crippen LogP contribution in [-0.2, 0) is 22.7 Å². The molecule has 0 saturated heterocycles. The van der Waals surface area contributed by atoms with Crippen LogP contribution in [-0.4, -0.2) is 46.2 Å². The summed E-state index contributed by atoms with van der Waals surface area (Å²) in [5.41, 5.74) is 2.55. The summed E-state index contributed by atoms with van der Waals surface area (Å²) in [7, 11) is 2.82. The van der Waals surface area contributed by atoms with E-state index in [9.17, 15) is 9.59 Å². The minimum absolute atomic E-state index is 0.167. The minimum Gasteiger partial charge on any atom is -0.486 e. The van der Waals surface area contributed by atoms with Gasteiger partial charge >= 0.3 is 5.97 Å². The average molecular weight is 396 g/mol. The highest BCUT2D eigenvalue weighted by Crippen LogP contribution is 2.25. The van der Waals surface area contributed by atoms with Crippen molar-refractivity contribution in [2.45, 2.75) is 19.6 Å². The number of methoxy groups -OCH3 is 2. The van der Waals surface area contributed by atoms with Crippen LogP contribution in [0.15, 0.2) is 42.9 Å². The minimum atomic E-state index is -0.315. The monoisotopic (exact) mass is 396 g/mol. The number of aromatic nitrogens is 4. The van der Waals surface area contributed by atoms with Gasteiger partial charge in [-0.3, -0.25) is 19.3 Å². The van der Waals surface area contributed by atoms with Gasteiger partial charge in [0.25, 0.3) is 0 Å². The Morgan fingerprint density at radius 1 is 1.21 bits per heavy atom. The SMILES string of the molecule is COC(=O)CCn1nccc1-c1ncccc1COc1cnc(OC)cc1C=O. The maximum atomic E-state index is 11.4. The van der Waals surface area contributed by atoms with E-state index in [1.165, 1.54) is 26.5 Å². The first-order valence-electron chi connectivity index (χ1n) is 8.81. The maximum absolute atomic E-state index is 11.4. The van der Waals surface area contributed by atoms with Crippen LogP contribution in [0.5, 0.6) is 11.6 Å². The van der Waals surface area contributed by atoms with Gasteiger partial charge in [-0.1, -0.05) is 6.07 Å². The zero-order chi connectivity index (χ0) is 20.6. The van der Waals surface area contributed by atoms with E-state index in [1.54, 1.807) is 23.1 Å². The van der Waals surface area contributed by atoms with E-state index in [4.69, 9.17) is 9.47 Å². The van der Waals surface area contributed by atoms with Crippen molar-refractivity contribution in [3.8, 4) is 23.0 Å². The second-order valence-electron chi connectivity index (χ2n) is 5.95. The van der Waals surface area contributed by atoms with Crippen LogP contribution in [0.2, 0.25) is 0 Å². The number of carbonyl (C=O) groups is 2. The molecular formula is C20H20N4O5. The lowest BCUT2D eigenvalue weighted by Crippen LogP contribution is -2.10. The first-order valence-corrected chi connectivity index (χ1v) is 8.81. The molecule has 9 heteroatoms. The lowest BCUT2D eigenvalue weighted by atomic mass is 10.1. The smallest absolute Gasteiger partial charge is 0.307 e. The Hall–Kier alpha value is -3.75. The zero-order valence-corrected chi connectivity index (χ0v) is 16.1. The van der Waals surface area contributed by atoms with Crippen LogP contribution in [0, 0.1) is 0 Å². The third-order valence-corrected chi connectivity index (χ3v) is 4.20. The highest BCUT2D eigenvalue weighted by atomic mass is 16.5. The molecular weight excluding hydrogens is 376 g/mol. The second kappa shape index (κ2) is 9.45. The summed E-state index contributed by atoms with van der Waals surface area (Å²) in [6.45, 7) is 0.532. The van der Waals surface area contributed by atoms with Crippen LogP contribution in [0.4, 0.5) is 0 Å². The molecule has 3 heterocycles. The Kier molecular flexibility index (Phi) is 6.51. The van der Waals surface area contributed by atoms with Crippen LogP contribution >= 0.6 is 0 Å². The number of hydrogen-bond donors (Lipinski definition) is 0. The normalized spacial score (nSPS) is 10.4. The Morgan fingerprint density at radius 2 is 2.07 bits per heavy atom. The van der Waals surface area contributed by atoms with Crippen molar-refractivity contribution >= 4 is 12.3 Å². The number of carbonyl (C=O) groups excluding carboxylic acids is 2. The lowest BCUT2D eigenvalue weighted by Gasteiger charge is -2.13. The number of aldehydes is 1. The van der Waals surface area contributed by atoms with Crippen molar-refractivity contribution in [2.24, 2.45) is 0 Å². The van der Waals surface area contributed by atoms with Crippen LogP contribution in [0.3, 0.4) is 0 Å². The van der Waals surface area contributed by atoms with Gasteiger partial charge in [0.15, 0.2) is 6.29 Å². The summed E-state index contributed by atoms with van der Waals surface area (Å²) in [4.78, 5) is 31.3. The maximum Gasteiger partial charge on any atom is 0.307 e. The van der Waals surface area contributed by atoms with Gasteiger partial charge in [-0.05, 0) is 12.1 Å². The number of esters is 1. The average Bonchev–Trinajstić information content (AvgIpc) is 3.24. The van der Waals surface area contributed by atoms with Gasteiger partial charge < -0.3 is 14.2 Å². The predicted octanol–water partition coefficient (Wildman–Crippen LogP) is 2.30. The van der Waals surface area contributed by atoms with Gasteiger partial charge in [0.1, 0.15) is 12.4 Å². The van der Waals surface area contributed by atoms with E-state index in [1.807, 2.05) is 12.1 Å². The standard InChI is InChI=1S/C20H20N4O5/c1-27-18-10-15(12-25)17(11-22-18)29-13-14-4-3-7-21-20(14)16-5-8-23-24(16)9-6-19(26)28-2/h3-5,7-8,10-12H,6,9,13H2,1-2H3. The third kappa shape index (κ3) is 4.75. The van der Waals surface area contributed by atoms with Crippen molar-refractivity contribution in [2.75, 3.05) is 14.2 Å². The quantitative estimate of drug-likeness (QED) is 0.401. The summed E-state index contributed by atoms with van der Waals surface area (Å²) in [6.07, 6.45) is 5.64. The third-order valence-electron chi connectivity index (χ3n) is 4.20. The summed E-state index contributed by atoms with van der Waals surface area (Å²) >= 11 is 0. The van der Waals surface area contributed by atoms with Gasteiger partial charge in [0, 0.05) is 24.0 Å². The van der Waals surface area contributed by atoms with Gasteiger partial charge in [-0.2, -0.15) is 5.10 Å². The van der Waals surface area contributed by atoms with Crippen molar-refractivity contribution in [1.29, 1.82) is 0 Å². The van der Waals surface area contributed by atoms with Crippen LogP contribution < -0.4 is 9.47 Å². The van der Waals surface area contributed by atoms with Crippen molar-refractivity contribution in [3.05, 3.63) is 54.0 Å². The van der Waals surface area contributed by atoms with Gasteiger partial charge in [0.05, 0.1) is 50.3 Å². The molecule has 9 nitrogen and oxygen atoms in total. The molecule has 0 aromatic carbocycles. The molecule has 3 rings (SSSR count). The molecule has 0 fully saturated rings. The molecule has 0 radical (unpaired) electrons. The molecule has 0 unspecified atom stereocenters. The van der Waals surface area contributed by atoms with E-state index in [0.29, 0.717) is 35.7 Å². The largest absolute Gasteiger partial charge is 0.486 e. The van der Waals surface area contributed by atoms with Crippen molar-refractivity contribution < 1.29 is 23.8 Å². The molecule has 0 spiro atoms. The van der Waals surface area contributed by atoms with Gasteiger partial charge in [0.2, 0.25) is 5.88 Å². The second-order valence-corrected chi connectivity index (χ2v) is 5.95. The molecule has 29 heavy (non-hydrogen) atoms. The molecule has 3 aromatic rings. The summed E-state index contributed by atoms with van der Waals surface area (Å²) in [5.74, 6) is 0.357. The Balaban J connectivity index is 1.81. The molecule has 0 N–H and O–H groups in total. The fourth-order valence-corrected chi connectivity index (χ4v) is 2.72. The van der Waals surface area contributed by atoms with E-state index >= 15 is 0 Å². The molecule has 0 atom stereocenters. The first-order chi connectivity index (χ1) is 14.2. The number of ether oxygens (including phenoxy) is 3. The Bertz CT molecular complexity index is 1000. The van der Waals surface area contributed by atoms with E-state index in [-0.39, 0.29) is 19.0 Å². The van der Waals surface area contributed by atoms with E-state index < -0.39 is 0 Å². The summed E-state index contributed by atoms with van der Waals surface area (Å²) < 4.78 is 17.2. The molecule has 0 aliphatic carbocycles. The highest BCUT2D eigenvalue weighted by molar-refractivity contribution is 5.79. The fraction of sp³-hybridized carbons (Fsp3) is 0.250. The van der Waals surface area contributed by atoms with E-state index in [0.717, 1.165) is 11.3 Å². The fourth-order valence-electron chi connectivity index (χ4n) is 2.72. The predicted molar refractivity (Wildman–Crippen MR) is 103 cm³/mol. The first kappa shape index (κ1) is 20.0. The number of nitrogens with zero attached hydrogens (tertiary/aromatic N) is 4. The highest BCUT2D eigenvalue weighted by Gasteiger charge is 2.14. The molecule has 0 saturated carbocycles. The molecule has 3 aromatic heterocycles. The van der Waals surface area contributed by atoms with Crippen molar-refractivity contribution in [1.82, 2.24) is 19.7 Å². The topological polar surface area (TPSA) is 105 Å². The zero-order valence-electron chi connectivity index (χ0n) is 16.1. The number of rotatable bonds is 9. The van der Waals surface area contributed by atoms with E-state index in [2.05, 4.69) is 19.8 Å². The van der Waals surface area contributed by atoms with Gasteiger partial charge in [-0.25, -0.2) is 4.98 Å². The lowest BCUT2D eigenvalue weighted by molar-refractivity contribution is -0.140. The molecule has 0 aliphatic rings. The Morgan fingerprint density at radius 3 is 2.83 bits per heavy atom. The van der Waals surface area contributed by atoms with Crippen molar-refractivity contribution in [3.63, 3.8) is 0 Å². The number of pyridine rings is 2. The number of aryl methyl sites for hydroxylation is 1. The van der Waals surface area contributed by atoms with Gasteiger partial charge in [-0.15, -0.1) is 0 Å². The van der Waals surface area contributed by atoms with Crippen LogP contribution in [0.25, 0.3) is 11.4 Å².